The number of aliphatic hydroxyl groups excluding tert-OH is 6. The summed E-state index contributed by atoms with van der Waals surface area (Å²) in [6, 6.07) is -0.913. The second-order valence-corrected chi connectivity index (χ2v) is 15.2. The van der Waals surface area contributed by atoms with Gasteiger partial charge in [-0.15, -0.1) is 0 Å². The van der Waals surface area contributed by atoms with Crippen LogP contribution in [0.25, 0.3) is 0 Å². The number of aliphatic hydroxyl groups is 6. The minimum Gasteiger partial charge on any atom is -0.396 e. The summed E-state index contributed by atoms with van der Waals surface area (Å²) in [7, 11) is 0. The van der Waals surface area contributed by atoms with Crippen molar-refractivity contribution >= 4 is 5.91 Å². The van der Waals surface area contributed by atoms with Crippen LogP contribution in [0.1, 0.15) is 175 Å². The van der Waals surface area contributed by atoms with Gasteiger partial charge in [-0.25, -0.2) is 0 Å². The molecule has 1 aliphatic carbocycles. The highest BCUT2D eigenvalue weighted by atomic mass is 16.5. The molecule has 0 bridgehead atoms. The highest BCUT2D eigenvalue weighted by molar-refractivity contribution is 5.80. The lowest BCUT2D eigenvalue weighted by atomic mass is 9.81. The lowest BCUT2D eigenvalue weighted by Crippen LogP contribution is -2.56. The smallest absolute Gasteiger partial charge is 0.249 e. The van der Waals surface area contributed by atoms with Crippen molar-refractivity contribution in [1.29, 1.82) is 0 Å². The molecule has 0 aromatic heterocycles. The van der Waals surface area contributed by atoms with E-state index >= 15 is 0 Å². The SMILES string of the molecule is CCCCCCCCCCCCCCC(O)C(=O)NC(CO[C@@H]1CC(CO)[C@@H](O)C(O)C1O)C(O)/C=C/CC/C=C(\C)CCCCCCCCC. The van der Waals surface area contributed by atoms with E-state index in [0.717, 1.165) is 38.5 Å². The number of nitrogens with one attached hydrogen (secondary N) is 1. The quantitative estimate of drug-likeness (QED) is 0.0284. The van der Waals surface area contributed by atoms with Crippen molar-refractivity contribution in [2.45, 2.75) is 218 Å². The maximum Gasteiger partial charge on any atom is 0.249 e. The zero-order chi connectivity index (χ0) is 37.7. The molecule has 1 saturated carbocycles. The lowest BCUT2D eigenvalue weighted by Gasteiger charge is -2.40. The summed E-state index contributed by atoms with van der Waals surface area (Å²) in [6.07, 6.45) is 24.8. The minimum atomic E-state index is -1.49. The van der Waals surface area contributed by atoms with Crippen LogP contribution in [0.15, 0.2) is 23.8 Å². The van der Waals surface area contributed by atoms with Crippen LogP contribution in [0, 0.1) is 5.92 Å². The number of hydrogen-bond donors (Lipinski definition) is 7. The summed E-state index contributed by atoms with van der Waals surface area (Å²) < 4.78 is 5.89. The lowest BCUT2D eigenvalue weighted by molar-refractivity contribution is -0.181. The second kappa shape index (κ2) is 31.1. The number of hydrogen-bond acceptors (Lipinski definition) is 8. The van der Waals surface area contributed by atoms with E-state index in [9.17, 15) is 35.4 Å². The van der Waals surface area contributed by atoms with Crippen LogP contribution < -0.4 is 5.32 Å². The van der Waals surface area contributed by atoms with Gasteiger partial charge in [0.05, 0.1) is 31.0 Å². The molecule has 0 radical (unpaired) electrons. The van der Waals surface area contributed by atoms with E-state index in [4.69, 9.17) is 4.74 Å². The van der Waals surface area contributed by atoms with E-state index in [2.05, 4.69) is 32.2 Å². The van der Waals surface area contributed by atoms with Crippen LogP contribution in [0.4, 0.5) is 0 Å². The van der Waals surface area contributed by atoms with Gasteiger partial charge >= 0.3 is 0 Å². The fourth-order valence-corrected chi connectivity index (χ4v) is 6.93. The van der Waals surface area contributed by atoms with E-state index < -0.39 is 54.5 Å². The average Bonchev–Trinajstić information content (AvgIpc) is 3.12. The summed E-state index contributed by atoms with van der Waals surface area (Å²) in [4.78, 5) is 13.0. The summed E-state index contributed by atoms with van der Waals surface area (Å²) in [5.74, 6) is -1.26. The predicted molar refractivity (Wildman–Crippen MR) is 207 cm³/mol. The zero-order valence-corrected chi connectivity index (χ0v) is 32.7. The molecular formula is C42H79NO8. The molecule has 1 fully saturated rings. The maximum atomic E-state index is 13.0. The highest BCUT2D eigenvalue weighted by Crippen LogP contribution is 2.28. The Bertz CT molecular complexity index is 896. The molecule has 1 aliphatic rings. The molecule has 9 heteroatoms. The minimum absolute atomic E-state index is 0.106. The van der Waals surface area contributed by atoms with E-state index in [1.807, 2.05) is 6.08 Å². The molecular weight excluding hydrogens is 646 g/mol. The first-order chi connectivity index (χ1) is 24.7. The van der Waals surface area contributed by atoms with Crippen molar-refractivity contribution in [3.8, 4) is 0 Å². The highest BCUT2D eigenvalue weighted by Gasteiger charge is 2.43. The van der Waals surface area contributed by atoms with Gasteiger partial charge < -0.3 is 40.7 Å². The third-order valence-electron chi connectivity index (χ3n) is 10.5. The molecule has 1 amide bonds. The van der Waals surface area contributed by atoms with Crippen molar-refractivity contribution in [2.75, 3.05) is 13.2 Å². The van der Waals surface area contributed by atoms with E-state index in [1.165, 1.54) is 108 Å². The number of carbonyl (C=O) groups is 1. The topological polar surface area (TPSA) is 160 Å². The summed E-state index contributed by atoms with van der Waals surface area (Å²) in [5.41, 5.74) is 1.37. The molecule has 0 saturated heterocycles. The van der Waals surface area contributed by atoms with Crippen molar-refractivity contribution in [3.05, 3.63) is 23.8 Å². The van der Waals surface area contributed by atoms with Crippen LogP contribution in [-0.4, -0.2) is 92.4 Å². The molecule has 8 atom stereocenters. The number of unbranched alkanes of at least 4 members (excludes halogenated alkanes) is 18. The fraction of sp³-hybridized carbons (Fsp3) is 0.881. The Morgan fingerprint density at radius 1 is 0.745 bits per heavy atom. The fourth-order valence-electron chi connectivity index (χ4n) is 6.93. The molecule has 0 spiro atoms. The van der Waals surface area contributed by atoms with Crippen LogP contribution in [-0.2, 0) is 9.53 Å². The van der Waals surface area contributed by atoms with Gasteiger partial charge in [0.1, 0.15) is 18.3 Å². The first-order valence-corrected chi connectivity index (χ1v) is 20.9. The van der Waals surface area contributed by atoms with Gasteiger partial charge in [0.25, 0.3) is 0 Å². The Labute approximate surface area is 311 Å². The molecule has 6 unspecified atom stereocenters. The van der Waals surface area contributed by atoms with Crippen molar-refractivity contribution < 1.29 is 40.2 Å². The first kappa shape index (κ1) is 47.7. The molecule has 51 heavy (non-hydrogen) atoms. The second-order valence-electron chi connectivity index (χ2n) is 15.2. The number of carbonyl (C=O) groups excluding carboxylic acids is 1. The largest absolute Gasteiger partial charge is 0.396 e. The van der Waals surface area contributed by atoms with Gasteiger partial charge in [-0.2, -0.15) is 0 Å². The molecule has 0 aromatic rings. The molecule has 7 N–H and O–H groups in total. The Hall–Kier alpha value is -1.33. The maximum absolute atomic E-state index is 13.0. The molecule has 1 rings (SSSR count). The van der Waals surface area contributed by atoms with Gasteiger partial charge in [-0.05, 0) is 45.4 Å². The van der Waals surface area contributed by atoms with Gasteiger partial charge in [-0.1, -0.05) is 153 Å². The zero-order valence-electron chi connectivity index (χ0n) is 32.7. The molecule has 0 heterocycles. The van der Waals surface area contributed by atoms with Crippen LogP contribution in [0.3, 0.4) is 0 Å². The first-order valence-electron chi connectivity index (χ1n) is 20.9. The Balaban J connectivity index is 2.59. The number of amides is 1. The van der Waals surface area contributed by atoms with Gasteiger partial charge in [0.2, 0.25) is 5.91 Å². The molecule has 0 aliphatic heterocycles. The van der Waals surface area contributed by atoms with Crippen LogP contribution >= 0.6 is 0 Å². The molecule has 0 aromatic carbocycles. The monoisotopic (exact) mass is 726 g/mol. The third kappa shape index (κ3) is 22.5. The van der Waals surface area contributed by atoms with Crippen LogP contribution in [0.2, 0.25) is 0 Å². The van der Waals surface area contributed by atoms with Crippen LogP contribution in [0.5, 0.6) is 0 Å². The van der Waals surface area contributed by atoms with Crippen molar-refractivity contribution in [2.24, 2.45) is 5.92 Å². The molecule has 9 nitrogen and oxygen atoms in total. The van der Waals surface area contributed by atoms with Gasteiger partial charge in [-0.3, -0.25) is 4.79 Å². The standard InChI is InChI=1S/C42H79NO8/c1-4-6-8-10-12-13-14-15-16-18-20-24-29-37(46)42(50)43-35(32-51-38-30-34(31-44)39(47)41(49)40(38)48)36(45)28-25-21-23-27-33(3)26-22-19-17-11-9-7-5-2/h25,27-28,34-41,44-49H,4-24,26,29-32H2,1-3H3,(H,43,50)/b28-25+,33-27+/t34?,35?,36?,37?,38-,39-,40?,41?/m1/s1. The van der Waals surface area contributed by atoms with E-state index in [1.54, 1.807) is 6.08 Å². The summed E-state index contributed by atoms with van der Waals surface area (Å²) in [6.45, 7) is 6.07. The summed E-state index contributed by atoms with van der Waals surface area (Å²) >= 11 is 0. The van der Waals surface area contributed by atoms with E-state index in [0.29, 0.717) is 6.42 Å². The normalized spacial score (nSPS) is 23.1. The predicted octanol–water partition coefficient (Wildman–Crippen LogP) is 7.19. The van der Waals surface area contributed by atoms with Crippen molar-refractivity contribution in [1.82, 2.24) is 5.32 Å². The van der Waals surface area contributed by atoms with Gasteiger partial charge in [0, 0.05) is 12.5 Å². The number of ether oxygens (including phenoxy) is 1. The Kier molecular flexibility index (Phi) is 29.0. The third-order valence-corrected chi connectivity index (χ3v) is 10.5. The van der Waals surface area contributed by atoms with E-state index in [-0.39, 0.29) is 19.6 Å². The molecule has 300 valence electrons. The Morgan fingerprint density at radius 3 is 1.82 bits per heavy atom. The Morgan fingerprint density at radius 2 is 1.27 bits per heavy atom. The van der Waals surface area contributed by atoms with Crippen molar-refractivity contribution in [3.63, 3.8) is 0 Å². The number of allylic oxidation sites excluding steroid dienone is 3. The van der Waals surface area contributed by atoms with Gasteiger partial charge in [0.15, 0.2) is 0 Å². The number of rotatable bonds is 32. The average molecular weight is 726 g/mol. The summed E-state index contributed by atoms with van der Waals surface area (Å²) in [5, 5.41) is 65.0.